The van der Waals surface area contributed by atoms with Crippen LogP contribution in [0.4, 0.5) is 0 Å². The maximum atomic E-state index is 5.70. The van der Waals surface area contributed by atoms with Gasteiger partial charge in [-0.2, -0.15) is 0 Å². The molecule has 0 radical (unpaired) electrons. The third-order valence-corrected chi connectivity index (χ3v) is 4.10. The minimum absolute atomic E-state index is 0.707. The monoisotopic (exact) mass is 340 g/mol. The number of nitrogens with zero attached hydrogens (tertiary/aromatic N) is 1. The van der Waals surface area contributed by atoms with Crippen molar-refractivity contribution < 1.29 is 4.74 Å². The molecule has 0 aromatic heterocycles. The topological polar surface area (TPSA) is 24.5 Å². The Morgan fingerprint density at radius 3 is 2.90 bits per heavy atom. The number of likely N-dealkylation sites (tertiary alicyclic amines) is 1. The Labute approximate surface area is 130 Å². The van der Waals surface area contributed by atoms with Gasteiger partial charge in [-0.05, 0) is 56.6 Å². The van der Waals surface area contributed by atoms with Gasteiger partial charge in [0.25, 0.3) is 0 Å². The van der Waals surface area contributed by atoms with E-state index < -0.39 is 0 Å². The van der Waals surface area contributed by atoms with Crippen LogP contribution in [0.5, 0.6) is 5.75 Å². The minimum atomic E-state index is 0.707. The van der Waals surface area contributed by atoms with E-state index in [2.05, 4.69) is 33.1 Å². The molecule has 2 rings (SSSR count). The van der Waals surface area contributed by atoms with Gasteiger partial charge in [-0.25, -0.2) is 0 Å². The van der Waals surface area contributed by atoms with Crippen molar-refractivity contribution in [1.82, 2.24) is 10.2 Å². The maximum Gasteiger partial charge on any atom is 0.120 e. The largest absolute Gasteiger partial charge is 0.492 e. The van der Waals surface area contributed by atoms with Crippen LogP contribution in [0.1, 0.15) is 19.8 Å². The van der Waals surface area contributed by atoms with E-state index in [0.29, 0.717) is 12.5 Å². The second-order valence-electron chi connectivity index (χ2n) is 5.62. The third-order valence-electron chi connectivity index (χ3n) is 3.61. The fourth-order valence-electron chi connectivity index (χ4n) is 2.62. The van der Waals surface area contributed by atoms with Gasteiger partial charge >= 0.3 is 0 Å². The Balaban J connectivity index is 1.52. The van der Waals surface area contributed by atoms with E-state index in [9.17, 15) is 0 Å². The maximum absolute atomic E-state index is 5.70. The van der Waals surface area contributed by atoms with Crippen LogP contribution in [-0.4, -0.2) is 44.2 Å². The molecule has 112 valence electrons. The van der Waals surface area contributed by atoms with E-state index in [1.807, 2.05) is 24.3 Å². The molecule has 0 saturated carbocycles. The highest BCUT2D eigenvalue weighted by Crippen LogP contribution is 2.17. The summed E-state index contributed by atoms with van der Waals surface area (Å²) in [6.07, 6.45) is 2.75. The lowest BCUT2D eigenvalue weighted by Crippen LogP contribution is -2.33. The Hall–Kier alpha value is -0.580. The first-order valence-corrected chi connectivity index (χ1v) is 8.35. The van der Waals surface area contributed by atoms with Crippen molar-refractivity contribution in [1.29, 1.82) is 0 Å². The first-order valence-electron chi connectivity index (χ1n) is 7.55. The van der Waals surface area contributed by atoms with Crippen LogP contribution in [0.15, 0.2) is 28.7 Å². The first-order chi connectivity index (χ1) is 9.74. The molecule has 1 aromatic rings. The zero-order valence-corrected chi connectivity index (χ0v) is 13.9. The Bertz CT molecular complexity index is 394. The van der Waals surface area contributed by atoms with Crippen molar-refractivity contribution >= 4 is 15.9 Å². The molecule has 1 heterocycles. The van der Waals surface area contributed by atoms with E-state index >= 15 is 0 Å². The lowest BCUT2D eigenvalue weighted by atomic mass is 10.1. The summed E-state index contributed by atoms with van der Waals surface area (Å²) >= 11 is 3.45. The van der Waals surface area contributed by atoms with Crippen LogP contribution in [0.2, 0.25) is 0 Å². The van der Waals surface area contributed by atoms with E-state index in [1.165, 1.54) is 32.5 Å². The van der Waals surface area contributed by atoms with Crippen molar-refractivity contribution in [3.63, 3.8) is 0 Å². The molecule has 1 N–H and O–H groups in total. The van der Waals surface area contributed by atoms with Gasteiger partial charge in [0.2, 0.25) is 0 Å². The molecule has 1 fully saturated rings. The fourth-order valence-corrected chi connectivity index (χ4v) is 3.00. The van der Waals surface area contributed by atoms with Crippen LogP contribution >= 0.6 is 15.9 Å². The molecule has 1 atom stereocenters. The van der Waals surface area contributed by atoms with Gasteiger partial charge in [-0.3, -0.25) is 0 Å². The van der Waals surface area contributed by atoms with Gasteiger partial charge in [-0.15, -0.1) is 0 Å². The summed E-state index contributed by atoms with van der Waals surface area (Å²) in [6, 6.07) is 7.98. The summed E-state index contributed by atoms with van der Waals surface area (Å²) in [4.78, 5) is 2.57. The highest BCUT2D eigenvalue weighted by Gasteiger charge is 2.14. The number of benzene rings is 1. The highest BCUT2D eigenvalue weighted by molar-refractivity contribution is 9.10. The zero-order valence-electron chi connectivity index (χ0n) is 12.3. The highest BCUT2D eigenvalue weighted by atomic mass is 79.9. The smallest absolute Gasteiger partial charge is 0.120 e. The lowest BCUT2D eigenvalue weighted by molar-refractivity contribution is 0.272. The summed E-state index contributed by atoms with van der Waals surface area (Å²) in [5.41, 5.74) is 0. The van der Waals surface area contributed by atoms with Crippen molar-refractivity contribution in [3.8, 4) is 5.75 Å². The molecule has 1 aliphatic heterocycles. The average molecular weight is 341 g/mol. The number of rotatable bonds is 8. The van der Waals surface area contributed by atoms with Gasteiger partial charge in [0.05, 0.1) is 0 Å². The van der Waals surface area contributed by atoms with Crippen LogP contribution in [0.3, 0.4) is 0 Å². The quantitative estimate of drug-likeness (QED) is 0.735. The van der Waals surface area contributed by atoms with Gasteiger partial charge in [-0.1, -0.05) is 28.9 Å². The first kappa shape index (κ1) is 15.8. The molecule has 4 heteroatoms. The fraction of sp³-hybridized carbons (Fsp3) is 0.625. The average Bonchev–Trinajstić information content (AvgIpc) is 2.91. The molecule has 0 bridgehead atoms. The predicted octanol–water partition coefficient (Wildman–Crippen LogP) is 3.15. The lowest BCUT2D eigenvalue weighted by Gasteiger charge is -2.20. The molecule has 1 saturated heterocycles. The second kappa shape index (κ2) is 8.65. The number of nitrogens with one attached hydrogen (secondary N) is 1. The molecular formula is C16H25BrN2O. The van der Waals surface area contributed by atoms with Crippen molar-refractivity contribution in [3.05, 3.63) is 28.7 Å². The summed E-state index contributed by atoms with van der Waals surface area (Å²) in [7, 11) is 0. The van der Waals surface area contributed by atoms with Crippen molar-refractivity contribution in [2.24, 2.45) is 5.92 Å². The normalized spacial score (nSPS) is 17.3. The Morgan fingerprint density at radius 1 is 1.35 bits per heavy atom. The molecule has 0 amide bonds. The Morgan fingerprint density at radius 2 is 2.15 bits per heavy atom. The van der Waals surface area contributed by atoms with Crippen LogP contribution < -0.4 is 10.1 Å². The number of halogens is 1. The number of hydrogen-bond donors (Lipinski definition) is 1. The van der Waals surface area contributed by atoms with Gasteiger partial charge < -0.3 is 15.0 Å². The number of hydrogen-bond acceptors (Lipinski definition) is 3. The molecule has 20 heavy (non-hydrogen) atoms. The van der Waals surface area contributed by atoms with E-state index in [4.69, 9.17) is 4.74 Å². The minimum Gasteiger partial charge on any atom is -0.492 e. The van der Waals surface area contributed by atoms with Crippen LogP contribution in [0.25, 0.3) is 0 Å². The summed E-state index contributed by atoms with van der Waals surface area (Å²) in [5, 5.41) is 3.48. The second-order valence-corrected chi connectivity index (χ2v) is 6.54. The van der Waals surface area contributed by atoms with Gasteiger partial charge in [0, 0.05) is 17.6 Å². The summed E-state index contributed by atoms with van der Waals surface area (Å²) in [5.74, 6) is 1.63. The molecule has 1 aliphatic rings. The van der Waals surface area contributed by atoms with Crippen LogP contribution in [-0.2, 0) is 0 Å². The molecular weight excluding hydrogens is 316 g/mol. The zero-order chi connectivity index (χ0) is 14.2. The predicted molar refractivity (Wildman–Crippen MR) is 87.3 cm³/mol. The van der Waals surface area contributed by atoms with Crippen LogP contribution in [0, 0.1) is 5.92 Å². The molecule has 1 aromatic carbocycles. The molecule has 3 nitrogen and oxygen atoms in total. The van der Waals surface area contributed by atoms with Crippen molar-refractivity contribution in [2.75, 3.05) is 39.3 Å². The molecule has 1 unspecified atom stereocenters. The van der Waals surface area contributed by atoms with E-state index in [-0.39, 0.29) is 0 Å². The summed E-state index contributed by atoms with van der Waals surface area (Å²) in [6.45, 7) is 8.80. The Kier molecular flexibility index (Phi) is 6.83. The summed E-state index contributed by atoms with van der Waals surface area (Å²) < 4.78 is 6.76. The van der Waals surface area contributed by atoms with Crippen molar-refractivity contribution in [2.45, 2.75) is 19.8 Å². The SMILES string of the molecule is CC(CNCCOc1cccc(Br)c1)CN1CCCC1. The number of ether oxygens (including phenoxy) is 1. The van der Waals surface area contributed by atoms with Gasteiger partial charge in [0.1, 0.15) is 12.4 Å². The standard InChI is InChI=1S/C16H25BrN2O/c1-14(13-19-8-2-3-9-19)12-18-7-10-20-16-6-4-5-15(17)11-16/h4-6,11,14,18H,2-3,7-10,12-13H2,1H3. The van der Waals surface area contributed by atoms with Gasteiger partial charge in [0.15, 0.2) is 0 Å². The molecule has 0 aliphatic carbocycles. The third kappa shape index (κ3) is 5.81. The van der Waals surface area contributed by atoms with E-state index in [0.717, 1.165) is 23.3 Å². The molecule has 0 spiro atoms. The van der Waals surface area contributed by atoms with E-state index in [1.54, 1.807) is 0 Å².